The van der Waals surface area contributed by atoms with Crippen molar-refractivity contribution in [3.05, 3.63) is 47.4 Å². The third-order valence-electron chi connectivity index (χ3n) is 5.21. The summed E-state index contributed by atoms with van der Waals surface area (Å²) in [6.07, 6.45) is 3.65. The molecular formula is C21H26ClN3O4. The Kier molecular flexibility index (Phi) is 6.59. The van der Waals surface area contributed by atoms with Crippen molar-refractivity contribution in [3.63, 3.8) is 0 Å². The first-order chi connectivity index (χ1) is 14.2. The number of anilines is 2. The van der Waals surface area contributed by atoms with Crippen LogP contribution in [0.15, 0.2) is 41.0 Å². The van der Waals surface area contributed by atoms with E-state index < -0.39 is 0 Å². The van der Waals surface area contributed by atoms with Crippen LogP contribution in [0.3, 0.4) is 0 Å². The van der Waals surface area contributed by atoms with E-state index in [2.05, 4.69) is 10.2 Å². The van der Waals surface area contributed by atoms with E-state index in [4.69, 9.17) is 25.5 Å². The number of nitrogens with zero attached hydrogens (tertiary/aromatic N) is 2. The van der Waals surface area contributed by atoms with E-state index in [9.17, 15) is 4.79 Å². The van der Waals surface area contributed by atoms with Crippen LogP contribution in [-0.2, 0) is 16.0 Å². The minimum atomic E-state index is -0.200. The fourth-order valence-corrected chi connectivity index (χ4v) is 3.90. The van der Waals surface area contributed by atoms with Crippen LogP contribution < -0.4 is 10.2 Å². The molecule has 0 bridgehead atoms. The second-order valence-corrected chi connectivity index (χ2v) is 7.72. The number of carbonyl (C=O) groups excluding carboxylic acids is 1. The zero-order chi connectivity index (χ0) is 20.1. The molecule has 1 atom stereocenters. The summed E-state index contributed by atoms with van der Waals surface area (Å²) in [7, 11) is 0. The third-order valence-corrected chi connectivity index (χ3v) is 5.45. The number of hydrogen-bond acceptors (Lipinski definition) is 5. The van der Waals surface area contributed by atoms with Crippen LogP contribution in [-0.4, -0.2) is 56.5 Å². The molecule has 0 spiro atoms. The molecule has 3 heterocycles. The highest BCUT2D eigenvalue weighted by atomic mass is 35.5. The lowest BCUT2D eigenvalue weighted by Crippen LogP contribution is -2.40. The largest absolute Gasteiger partial charge is 0.467 e. The van der Waals surface area contributed by atoms with Crippen molar-refractivity contribution in [3.8, 4) is 0 Å². The molecule has 2 fully saturated rings. The Morgan fingerprint density at radius 1 is 1.24 bits per heavy atom. The summed E-state index contributed by atoms with van der Waals surface area (Å²) in [6, 6.07) is 9.07. The van der Waals surface area contributed by atoms with E-state index in [0.717, 1.165) is 44.0 Å². The number of amides is 2. The number of rotatable bonds is 6. The molecule has 2 saturated heterocycles. The Bertz CT molecular complexity index is 802. The predicted molar refractivity (Wildman–Crippen MR) is 112 cm³/mol. The van der Waals surface area contributed by atoms with E-state index in [-0.39, 0.29) is 12.1 Å². The van der Waals surface area contributed by atoms with Crippen molar-refractivity contribution in [2.45, 2.75) is 25.5 Å². The van der Waals surface area contributed by atoms with Gasteiger partial charge in [0.25, 0.3) is 0 Å². The monoisotopic (exact) mass is 419 g/mol. The Balaban J connectivity index is 1.52. The molecule has 2 aliphatic heterocycles. The highest BCUT2D eigenvalue weighted by Crippen LogP contribution is 2.30. The minimum Gasteiger partial charge on any atom is -0.467 e. The normalized spacial score (nSPS) is 19.3. The van der Waals surface area contributed by atoms with E-state index in [0.29, 0.717) is 37.0 Å². The average Bonchev–Trinajstić information content (AvgIpc) is 3.42. The minimum absolute atomic E-state index is 0.0498. The number of hydrogen-bond donors (Lipinski definition) is 1. The van der Waals surface area contributed by atoms with Gasteiger partial charge in [-0.15, -0.1) is 0 Å². The number of benzene rings is 1. The predicted octanol–water partition coefficient (Wildman–Crippen LogP) is 3.98. The Morgan fingerprint density at radius 3 is 2.83 bits per heavy atom. The third kappa shape index (κ3) is 5.23. The van der Waals surface area contributed by atoms with Gasteiger partial charge in [-0.1, -0.05) is 11.6 Å². The molecule has 156 valence electrons. The number of carbonyl (C=O) groups is 1. The first-order valence-corrected chi connectivity index (χ1v) is 10.4. The van der Waals surface area contributed by atoms with Crippen LogP contribution in [0.25, 0.3) is 0 Å². The summed E-state index contributed by atoms with van der Waals surface area (Å²) >= 11 is 6.23. The molecule has 1 N–H and O–H groups in total. The smallest absolute Gasteiger partial charge is 0.322 e. The number of furan rings is 1. The molecule has 0 aliphatic carbocycles. The van der Waals surface area contributed by atoms with E-state index in [1.807, 2.05) is 24.3 Å². The molecule has 2 aromatic rings. The summed E-state index contributed by atoms with van der Waals surface area (Å²) in [5.41, 5.74) is 1.64. The van der Waals surface area contributed by atoms with Gasteiger partial charge in [0.2, 0.25) is 0 Å². The van der Waals surface area contributed by atoms with Crippen LogP contribution in [0.4, 0.5) is 16.2 Å². The molecular weight excluding hydrogens is 394 g/mol. The molecule has 0 radical (unpaired) electrons. The van der Waals surface area contributed by atoms with E-state index in [1.54, 1.807) is 17.2 Å². The molecule has 2 amide bonds. The van der Waals surface area contributed by atoms with Crippen LogP contribution in [0.5, 0.6) is 0 Å². The lowest BCUT2D eigenvalue weighted by molar-refractivity contribution is 0.0803. The Labute approximate surface area is 175 Å². The van der Waals surface area contributed by atoms with Gasteiger partial charge >= 0.3 is 6.03 Å². The highest BCUT2D eigenvalue weighted by Gasteiger charge is 2.25. The molecule has 0 saturated carbocycles. The fraction of sp³-hybridized carbons (Fsp3) is 0.476. The molecule has 8 heteroatoms. The van der Waals surface area contributed by atoms with Gasteiger partial charge in [-0.2, -0.15) is 0 Å². The fourth-order valence-electron chi connectivity index (χ4n) is 3.73. The van der Waals surface area contributed by atoms with Gasteiger partial charge in [0.1, 0.15) is 5.76 Å². The summed E-state index contributed by atoms with van der Waals surface area (Å²) in [4.78, 5) is 17.1. The van der Waals surface area contributed by atoms with Crippen LogP contribution >= 0.6 is 11.6 Å². The molecule has 2 aliphatic rings. The first kappa shape index (κ1) is 20.1. The van der Waals surface area contributed by atoms with E-state index in [1.165, 1.54) is 0 Å². The maximum atomic E-state index is 13.2. The van der Waals surface area contributed by atoms with Gasteiger partial charge in [-0.25, -0.2) is 4.79 Å². The molecule has 29 heavy (non-hydrogen) atoms. The van der Waals surface area contributed by atoms with E-state index >= 15 is 0 Å². The van der Waals surface area contributed by atoms with Gasteiger partial charge in [-0.05, 0) is 43.2 Å². The van der Waals surface area contributed by atoms with Crippen LogP contribution in [0.2, 0.25) is 5.02 Å². The van der Waals surface area contributed by atoms with Crippen molar-refractivity contribution >= 4 is 29.0 Å². The standard InChI is InChI=1S/C21H26ClN3O4/c22-16-5-6-20(24-7-11-27-12-8-24)19(13-16)23-21(26)25(14-17-3-1-9-28-17)15-18-4-2-10-29-18/h1,3,5-6,9,13,18H,2,4,7-8,10-12,14-15H2,(H,23,26). The molecule has 1 aromatic heterocycles. The SMILES string of the molecule is O=C(Nc1cc(Cl)ccc1N1CCOCC1)N(Cc1ccco1)CC1CCCO1. The second kappa shape index (κ2) is 9.52. The van der Waals surface area contributed by atoms with Gasteiger partial charge < -0.3 is 29.0 Å². The van der Waals surface area contributed by atoms with Crippen LogP contribution in [0.1, 0.15) is 18.6 Å². The summed E-state index contributed by atoms with van der Waals surface area (Å²) in [5.74, 6) is 0.734. The number of urea groups is 1. The van der Waals surface area contributed by atoms with Crippen LogP contribution in [0, 0.1) is 0 Å². The van der Waals surface area contributed by atoms with Crippen molar-refractivity contribution in [1.82, 2.24) is 4.90 Å². The quantitative estimate of drug-likeness (QED) is 0.767. The second-order valence-electron chi connectivity index (χ2n) is 7.29. The average molecular weight is 420 g/mol. The number of morpholine rings is 1. The summed E-state index contributed by atoms with van der Waals surface area (Å²) < 4.78 is 16.7. The first-order valence-electron chi connectivity index (χ1n) is 10.0. The number of nitrogens with one attached hydrogen (secondary N) is 1. The Morgan fingerprint density at radius 2 is 2.10 bits per heavy atom. The maximum Gasteiger partial charge on any atom is 0.322 e. The zero-order valence-corrected chi connectivity index (χ0v) is 17.1. The van der Waals surface area contributed by atoms with Crippen molar-refractivity contribution < 1.29 is 18.7 Å². The van der Waals surface area contributed by atoms with Crippen molar-refractivity contribution in [1.29, 1.82) is 0 Å². The van der Waals surface area contributed by atoms with Gasteiger partial charge in [-0.3, -0.25) is 0 Å². The van der Waals surface area contributed by atoms with Crippen molar-refractivity contribution in [2.75, 3.05) is 49.7 Å². The zero-order valence-electron chi connectivity index (χ0n) is 16.3. The highest BCUT2D eigenvalue weighted by molar-refractivity contribution is 6.31. The van der Waals surface area contributed by atoms with Crippen molar-refractivity contribution in [2.24, 2.45) is 0 Å². The number of halogens is 1. The lowest BCUT2D eigenvalue weighted by atomic mass is 10.2. The molecule has 1 aromatic carbocycles. The molecule has 1 unspecified atom stereocenters. The topological polar surface area (TPSA) is 67.2 Å². The van der Waals surface area contributed by atoms with Gasteiger partial charge in [0.05, 0.1) is 43.5 Å². The summed E-state index contributed by atoms with van der Waals surface area (Å²) in [6.45, 7) is 4.52. The van der Waals surface area contributed by atoms with Gasteiger partial charge in [0.15, 0.2) is 0 Å². The Hall–Kier alpha value is -2.22. The number of ether oxygens (including phenoxy) is 2. The lowest BCUT2D eigenvalue weighted by Gasteiger charge is -2.31. The maximum absolute atomic E-state index is 13.2. The summed E-state index contributed by atoms with van der Waals surface area (Å²) in [5, 5.41) is 3.64. The molecule has 4 rings (SSSR count). The van der Waals surface area contributed by atoms with Gasteiger partial charge in [0, 0.05) is 31.3 Å². The molecule has 7 nitrogen and oxygen atoms in total.